The van der Waals surface area contributed by atoms with Crippen molar-refractivity contribution in [1.82, 2.24) is 20.1 Å². The minimum Gasteiger partial charge on any atom is -0.343 e. The van der Waals surface area contributed by atoms with E-state index in [0.717, 1.165) is 30.8 Å². The number of pyridine rings is 1. The highest BCUT2D eigenvalue weighted by molar-refractivity contribution is 5.96. The smallest absolute Gasteiger partial charge is 0.251 e. The van der Waals surface area contributed by atoms with Gasteiger partial charge in [-0.25, -0.2) is 0 Å². The van der Waals surface area contributed by atoms with E-state index in [9.17, 15) is 9.59 Å². The topological polar surface area (TPSA) is 65.5 Å². The van der Waals surface area contributed by atoms with Gasteiger partial charge in [0, 0.05) is 50.7 Å². The maximum atomic E-state index is 12.5. The summed E-state index contributed by atoms with van der Waals surface area (Å²) in [4.78, 5) is 33.2. The molecule has 1 aliphatic rings. The van der Waals surface area contributed by atoms with Gasteiger partial charge in [0.05, 0.1) is 6.54 Å². The largest absolute Gasteiger partial charge is 0.343 e. The molecule has 31 heavy (non-hydrogen) atoms. The van der Waals surface area contributed by atoms with Crippen molar-refractivity contribution in [1.29, 1.82) is 0 Å². The molecule has 158 valence electrons. The average molecular weight is 415 g/mol. The molecule has 2 amide bonds. The fourth-order valence-electron chi connectivity index (χ4n) is 3.72. The van der Waals surface area contributed by atoms with Crippen molar-refractivity contribution in [2.24, 2.45) is 0 Å². The normalized spacial score (nSPS) is 14.3. The molecule has 3 aromatic rings. The Balaban J connectivity index is 1.23. The van der Waals surface area contributed by atoms with Crippen LogP contribution in [0.2, 0.25) is 0 Å². The highest BCUT2D eigenvalue weighted by Crippen LogP contribution is 2.19. The van der Waals surface area contributed by atoms with Crippen LogP contribution in [0.4, 0.5) is 0 Å². The molecule has 1 fully saturated rings. The van der Waals surface area contributed by atoms with Crippen LogP contribution in [0.15, 0.2) is 79.1 Å². The van der Waals surface area contributed by atoms with E-state index < -0.39 is 0 Å². The molecule has 6 heteroatoms. The Hall–Kier alpha value is -3.51. The van der Waals surface area contributed by atoms with Crippen LogP contribution < -0.4 is 5.32 Å². The monoisotopic (exact) mass is 414 g/mol. The van der Waals surface area contributed by atoms with Crippen LogP contribution in [0.25, 0.3) is 11.1 Å². The third-order valence-electron chi connectivity index (χ3n) is 5.51. The summed E-state index contributed by atoms with van der Waals surface area (Å²) in [6.45, 7) is 3.82. The van der Waals surface area contributed by atoms with Gasteiger partial charge in [0.15, 0.2) is 0 Å². The van der Waals surface area contributed by atoms with Crippen LogP contribution in [-0.4, -0.2) is 59.3 Å². The predicted octanol–water partition coefficient (Wildman–Crippen LogP) is 2.82. The second kappa shape index (κ2) is 10.00. The van der Waals surface area contributed by atoms with Crippen LogP contribution in [0.3, 0.4) is 0 Å². The van der Waals surface area contributed by atoms with Gasteiger partial charge in [-0.1, -0.05) is 48.5 Å². The van der Waals surface area contributed by atoms with Crippen molar-refractivity contribution in [3.63, 3.8) is 0 Å². The molecular formula is C25H26N4O2. The van der Waals surface area contributed by atoms with Crippen LogP contribution in [-0.2, 0) is 11.3 Å². The van der Waals surface area contributed by atoms with Crippen LogP contribution in [0.1, 0.15) is 15.9 Å². The van der Waals surface area contributed by atoms with E-state index >= 15 is 0 Å². The maximum Gasteiger partial charge on any atom is 0.251 e. The summed E-state index contributed by atoms with van der Waals surface area (Å²) in [6, 6.07) is 21.4. The summed E-state index contributed by atoms with van der Waals surface area (Å²) >= 11 is 0. The number of piperazine rings is 1. The zero-order chi connectivity index (χ0) is 21.5. The van der Waals surface area contributed by atoms with E-state index in [2.05, 4.69) is 21.3 Å². The van der Waals surface area contributed by atoms with Crippen molar-refractivity contribution in [2.45, 2.75) is 6.54 Å². The van der Waals surface area contributed by atoms with E-state index in [0.29, 0.717) is 18.7 Å². The fourth-order valence-corrected chi connectivity index (χ4v) is 3.72. The lowest BCUT2D eigenvalue weighted by atomic mass is 10.0. The lowest BCUT2D eigenvalue weighted by Crippen LogP contribution is -2.50. The summed E-state index contributed by atoms with van der Waals surface area (Å²) in [5.41, 5.74) is 3.88. The molecule has 0 atom stereocenters. The lowest BCUT2D eigenvalue weighted by Gasteiger charge is -2.34. The zero-order valence-corrected chi connectivity index (χ0v) is 17.4. The molecule has 1 aromatic heterocycles. The summed E-state index contributed by atoms with van der Waals surface area (Å²) in [5, 5.41) is 2.75. The Bertz CT molecular complexity index is 999. The summed E-state index contributed by atoms with van der Waals surface area (Å²) in [6.07, 6.45) is 3.64. The molecule has 0 spiro atoms. The van der Waals surface area contributed by atoms with Gasteiger partial charge in [-0.05, 0) is 34.9 Å². The number of nitrogens with zero attached hydrogens (tertiary/aromatic N) is 3. The molecule has 0 bridgehead atoms. The minimum atomic E-state index is -0.233. The Morgan fingerprint density at radius 3 is 2.23 bits per heavy atom. The second-order valence-corrected chi connectivity index (χ2v) is 7.64. The molecule has 2 aromatic carbocycles. The van der Waals surface area contributed by atoms with Gasteiger partial charge < -0.3 is 10.2 Å². The number of rotatable bonds is 6. The third-order valence-corrected chi connectivity index (χ3v) is 5.51. The average Bonchev–Trinajstić information content (AvgIpc) is 2.84. The van der Waals surface area contributed by atoms with E-state index in [1.54, 1.807) is 18.3 Å². The van der Waals surface area contributed by atoms with Gasteiger partial charge in [0.1, 0.15) is 0 Å². The zero-order valence-electron chi connectivity index (χ0n) is 17.4. The van der Waals surface area contributed by atoms with Gasteiger partial charge >= 0.3 is 0 Å². The maximum absolute atomic E-state index is 12.5. The number of carbonyl (C=O) groups excluding carboxylic acids is 2. The van der Waals surface area contributed by atoms with Crippen molar-refractivity contribution in [3.05, 3.63) is 90.3 Å². The molecule has 4 rings (SSSR count). The van der Waals surface area contributed by atoms with Gasteiger partial charge in [-0.2, -0.15) is 0 Å². The second-order valence-electron chi connectivity index (χ2n) is 7.64. The van der Waals surface area contributed by atoms with E-state index in [1.807, 2.05) is 59.6 Å². The van der Waals surface area contributed by atoms with E-state index in [4.69, 9.17) is 0 Å². The number of nitrogens with one attached hydrogen (secondary N) is 1. The number of aromatic nitrogens is 1. The Labute approximate surface area is 182 Å². The minimum absolute atomic E-state index is 0.0157. The molecule has 1 saturated heterocycles. The number of amides is 2. The van der Waals surface area contributed by atoms with Crippen LogP contribution >= 0.6 is 0 Å². The SMILES string of the molecule is O=C(NCC(=O)N1CCN(Cc2cccnc2)CC1)c1ccc(-c2ccccc2)cc1. The van der Waals surface area contributed by atoms with Gasteiger partial charge in [-0.3, -0.25) is 19.5 Å². The first-order chi connectivity index (χ1) is 15.2. The number of carbonyl (C=O) groups is 2. The number of hydrogen-bond acceptors (Lipinski definition) is 4. The van der Waals surface area contributed by atoms with Gasteiger partial charge in [0.2, 0.25) is 5.91 Å². The number of benzene rings is 2. The third kappa shape index (κ3) is 5.55. The molecule has 0 unspecified atom stereocenters. The number of hydrogen-bond donors (Lipinski definition) is 1. The molecule has 2 heterocycles. The molecule has 1 aliphatic heterocycles. The highest BCUT2D eigenvalue weighted by Gasteiger charge is 2.21. The first-order valence-electron chi connectivity index (χ1n) is 10.5. The van der Waals surface area contributed by atoms with Crippen molar-refractivity contribution in [3.8, 4) is 11.1 Å². The van der Waals surface area contributed by atoms with Crippen LogP contribution in [0.5, 0.6) is 0 Å². The summed E-state index contributed by atoms with van der Waals surface area (Å²) in [7, 11) is 0. The van der Waals surface area contributed by atoms with Crippen molar-refractivity contribution in [2.75, 3.05) is 32.7 Å². The molecular weight excluding hydrogens is 388 g/mol. The van der Waals surface area contributed by atoms with Gasteiger partial charge in [0.25, 0.3) is 5.91 Å². The summed E-state index contributed by atoms with van der Waals surface area (Å²) in [5.74, 6) is -0.279. The van der Waals surface area contributed by atoms with Crippen LogP contribution in [0, 0.1) is 0 Å². The predicted molar refractivity (Wildman–Crippen MR) is 120 cm³/mol. The van der Waals surface area contributed by atoms with E-state index in [1.165, 1.54) is 5.56 Å². The fraction of sp³-hybridized carbons (Fsp3) is 0.240. The first-order valence-corrected chi connectivity index (χ1v) is 10.5. The Morgan fingerprint density at radius 1 is 0.839 bits per heavy atom. The van der Waals surface area contributed by atoms with Crippen molar-refractivity contribution >= 4 is 11.8 Å². The Kier molecular flexibility index (Phi) is 6.69. The van der Waals surface area contributed by atoms with Crippen molar-refractivity contribution < 1.29 is 9.59 Å². The lowest BCUT2D eigenvalue weighted by molar-refractivity contribution is -0.131. The van der Waals surface area contributed by atoms with Gasteiger partial charge in [-0.15, -0.1) is 0 Å². The standard InChI is InChI=1S/C25H26N4O2/c30-24(29-15-13-28(14-16-29)19-20-5-4-12-26-17-20)18-27-25(31)23-10-8-22(9-11-23)21-6-2-1-3-7-21/h1-12,17H,13-16,18-19H2,(H,27,31). The quantitative estimate of drug-likeness (QED) is 0.674. The Morgan fingerprint density at radius 2 is 1.55 bits per heavy atom. The van der Waals surface area contributed by atoms with E-state index in [-0.39, 0.29) is 18.4 Å². The molecule has 1 N–H and O–H groups in total. The highest BCUT2D eigenvalue weighted by atomic mass is 16.2. The summed E-state index contributed by atoms with van der Waals surface area (Å²) < 4.78 is 0. The molecule has 0 saturated carbocycles. The molecule has 6 nitrogen and oxygen atoms in total. The molecule has 0 radical (unpaired) electrons. The first kappa shape index (κ1) is 20.8. The molecule has 0 aliphatic carbocycles.